The van der Waals surface area contributed by atoms with Crippen LogP contribution >= 0.6 is 0 Å². The van der Waals surface area contributed by atoms with Crippen molar-refractivity contribution >= 4 is 34.0 Å². The molecule has 3 aliphatic rings. The van der Waals surface area contributed by atoms with Gasteiger partial charge in [0.1, 0.15) is 28.8 Å². The second-order valence-electron chi connectivity index (χ2n) is 18.4. The minimum Gasteiger partial charge on any atom is -0.505 e. The Bertz CT molecular complexity index is 3920. The number of pyridine rings is 3. The Balaban J connectivity index is 0.000000131. The van der Waals surface area contributed by atoms with E-state index in [9.17, 15) is 29.1 Å². The van der Waals surface area contributed by atoms with Crippen molar-refractivity contribution in [1.82, 2.24) is 44.1 Å². The molecule has 0 bridgehead atoms. The van der Waals surface area contributed by atoms with Crippen LogP contribution in [-0.4, -0.2) is 119 Å². The average Bonchev–Trinajstić information content (AvgIpc) is 3.49. The number of phenols is 1. The van der Waals surface area contributed by atoms with Gasteiger partial charge in [0.25, 0.3) is 16.7 Å². The number of rotatable bonds is 7. The number of ether oxygens (including phenoxy) is 1. The summed E-state index contributed by atoms with van der Waals surface area (Å²) < 4.78 is 23.4. The molecule has 0 aliphatic carbocycles. The van der Waals surface area contributed by atoms with Crippen molar-refractivity contribution in [2.45, 2.75) is 0 Å². The second kappa shape index (κ2) is 23.0. The van der Waals surface area contributed by atoms with Crippen molar-refractivity contribution in [2.75, 3.05) is 100 Å². The quantitative estimate of drug-likeness (QED) is 0.166. The molecule has 0 amide bonds. The van der Waals surface area contributed by atoms with Crippen LogP contribution in [0, 0.1) is 28.5 Å². The van der Waals surface area contributed by atoms with Crippen LogP contribution in [0.5, 0.6) is 11.5 Å². The second-order valence-corrected chi connectivity index (χ2v) is 18.4. The number of nitriles is 2. The minimum atomic E-state index is -0.742. The van der Waals surface area contributed by atoms with Crippen LogP contribution in [0.1, 0.15) is 11.1 Å². The number of anilines is 3. The third kappa shape index (κ3) is 11.5. The van der Waals surface area contributed by atoms with Crippen molar-refractivity contribution in [3.63, 3.8) is 0 Å². The molecule has 0 atom stereocenters. The highest BCUT2D eigenvalue weighted by Gasteiger charge is 2.17. The standard InChI is InChI=1S/C20H19N5O2.C19H17N5O.C18H17FN4O2/c1-27-18-4-2-14(10-15(18)12-21)17-11-20(26)25-13-16(3-5-19(25)23-17)24-8-6-22-7-9-24;20-12-14-2-1-3-15(10-14)17-11-19(25)24-13-16(4-5-18(24)22-17)23-8-6-21-7-9-23;19-14-9-12(1-3-16(14)24)15-10-18(25)23-11-13(2-4-17(23)21-15)22-7-5-20-6-8-22/h2-5,10-11,13,22H,6-9H2,1H3;1-5,10-11,13,21H,6-9H2;1-4,9-11,20,24H,5-8H2. The summed E-state index contributed by atoms with van der Waals surface area (Å²) in [6.45, 7) is 11.0. The summed E-state index contributed by atoms with van der Waals surface area (Å²) in [6.07, 6.45) is 5.48. The lowest BCUT2D eigenvalue weighted by Crippen LogP contribution is -2.43. The number of nitrogens with one attached hydrogen (secondary N) is 3. The molecule has 3 fully saturated rings. The number of phenolic OH excluding ortho intramolecular Hbond substituents is 1. The molecule has 77 heavy (non-hydrogen) atoms. The van der Waals surface area contributed by atoms with E-state index in [-0.39, 0.29) is 16.7 Å². The third-order valence-electron chi connectivity index (χ3n) is 13.5. The molecule has 388 valence electrons. The van der Waals surface area contributed by atoms with Gasteiger partial charge >= 0.3 is 0 Å². The first-order valence-corrected chi connectivity index (χ1v) is 25.1. The van der Waals surface area contributed by atoms with Crippen molar-refractivity contribution in [3.8, 4) is 57.4 Å². The zero-order valence-electron chi connectivity index (χ0n) is 42.1. The van der Waals surface area contributed by atoms with E-state index in [1.807, 2.05) is 48.8 Å². The summed E-state index contributed by atoms with van der Waals surface area (Å²) in [5.74, 6) is -0.671. The molecule has 4 N–H and O–H groups in total. The van der Waals surface area contributed by atoms with Gasteiger partial charge in [0.05, 0.1) is 58.4 Å². The predicted molar refractivity (Wildman–Crippen MR) is 294 cm³/mol. The zero-order valence-corrected chi connectivity index (χ0v) is 42.1. The maximum atomic E-state index is 13.6. The lowest BCUT2D eigenvalue weighted by Gasteiger charge is -2.29. The Morgan fingerprint density at radius 2 is 0.935 bits per heavy atom. The topological polar surface area (TPSA) is 226 Å². The largest absolute Gasteiger partial charge is 0.505 e. The lowest BCUT2D eigenvalue weighted by molar-refractivity contribution is 0.413. The highest BCUT2D eigenvalue weighted by Crippen LogP contribution is 2.27. The van der Waals surface area contributed by atoms with Crippen LogP contribution in [0.2, 0.25) is 0 Å². The van der Waals surface area contributed by atoms with Gasteiger partial charge in [0.2, 0.25) is 0 Å². The average molecular weight is 1030 g/mol. The zero-order chi connectivity index (χ0) is 53.4. The molecule has 9 heterocycles. The molecular formula is C57H53FN14O5. The van der Waals surface area contributed by atoms with Gasteiger partial charge in [-0.05, 0) is 84.9 Å². The number of piperazine rings is 3. The van der Waals surface area contributed by atoms with Gasteiger partial charge in [-0.25, -0.2) is 19.3 Å². The summed E-state index contributed by atoms with van der Waals surface area (Å²) >= 11 is 0. The number of methoxy groups -OCH3 is 1. The summed E-state index contributed by atoms with van der Waals surface area (Å²) in [7, 11) is 1.52. The fraction of sp³-hybridized carbons (Fsp3) is 0.228. The van der Waals surface area contributed by atoms with Crippen LogP contribution in [-0.2, 0) is 0 Å². The first-order chi connectivity index (χ1) is 37.5. The summed E-state index contributed by atoms with van der Waals surface area (Å²) in [5, 5.41) is 37.6. The van der Waals surface area contributed by atoms with Gasteiger partial charge in [0, 0.05) is 132 Å². The molecule has 0 unspecified atom stereocenters. The highest BCUT2D eigenvalue weighted by molar-refractivity contribution is 5.68. The summed E-state index contributed by atoms with van der Waals surface area (Å²) in [5.41, 5.74) is 8.54. The number of halogens is 1. The summed E-state index contributed by atoms with van der Waals surface area (Å²) in [4.78, 5) is 58.1. The Hall–Kier alpha value is -9.47. The van der Waals surface area contributed by atoms with Crippen molar-refractivity contribution in [3.05, 3.63) is 182 Å². The monoisotopic (exact) mass is 1030 g/mol. The lowest BCUT2D eigenvalue weighted by atomic mass is 10.1. The number of nitrogens with zero attached hydrogens (tertiary/aromatic N) is 11. The van der Waals surface area contributed by atoms with E-state index < -0.39 is 11.6 Å². The number of aromatic nitrogens is 6. The Morgan fingerprint density at radius 3 is 1.34 bits per heavy atom. The van der Waals surface area contributed by atoms with Crippen LogP contribution in [0.25, 0.3) is 50.7 Å². The molecule has 0 spiro atoms. The normalized spacial score (nSPS) is 14.5. The fourth-order valence-corrected chi connectivity index (χ4v) is 9.42. The van der Waals surface area contributed by atoms with Gasteiger partial charge in [-0.1, -0.05) is 12.1 Å². The first kappa shape index (κ1) is 51.0. The molecule has 3 saturated heterocycles. The van der Waals surface area contributed by atoms with Gasteiger partial charge < -0.3 is 40.5 Å². The first-order valence-electron chi connectivity index (χ1n) is 25.1. The molecule has 3 aromatic carbocycles. The van der Waals surface area contributed by atoms with Crippen molar-refractivity contribution in [1.29, 1.82) is 10.5 Å². The van der Waals surface area contributed by atoms with Gasteiger partial charge in [-0.3, -0.25) is 27.6 Å². The molecule has 9 aromatic rings. The molecule has 0 saturated carbocycles. The van der Waals surface area contributed by atoms with Crippen LogP contribution in [0.15, 0.2) is 148 Å². The van der Waals surface area contributed by atoms with E-state index in [4.69, 9.17) is 10.00 Å². The number of hydrogen-bond donors (Lipinski definition) is 4. The predicted octanol–water partition coefficient (Wildman–Crippen LogP) is 4.91. The van der Waals surface area contributed by atoms with E-state index in [0.717, 1.165) is 101 Å². The number of benzene rings is 3. The van der Waals surface area contributed by atoms with Crippen molar-refractivity contribution in [2.24, 2.45) is 0 Å². The molecule has 6 aromatic heterocycles. The molecular weight excluding hydrogens is 980 g/mol. The van der Waals surface area contributed by atoms with E-state index in [1.54, 1.807) is 57.5 Å². The molecule has 3 aliphatic heterocycles. The van der Waals surface area contributed by atoms with Gasteiger partial charge in [-0.2, -0.15) is 10.5 Å². The number of hydrogen-bond acceptors (Lipinski definition) is 16. The Labute approximate surface area is 441 Å². The van der Waals surface area contributed by atoms with E-state index in [0.29, 0.717) is 62.0 Å². The third-order valence-corrected chi connectivity index (χ3v) is 13.5. The maximum Gasteiger partial charge on any atom is 0.258 e. The number of aromatic hydroxyl groups is 1. The van der Waals surface area contributed by atoms with E-state index >= 15 is 0 Å². The SMILES string of the molecule is COc1ccc(-c2cc(=O)n3cc(N4CCNCC4)ccc3n2)cc1C#N.N#Cc1cccc(-c2cc(=O)n3cc(N4CCNCC4)ccc3n2)c1.O=c1cc(-c2ccc(O)c(F)c2)nc2ccc(N3CCNCC3)cn12. The molecule has 19 nitrogen and oxygen atoms in total. The Morgan fingerprint density at radius 1 is 0.519 bits per heavy atom. The van der Waals surface area contributed by atoms with Crippen LogP contribution in [0.4, 0.5) is 21.5 Å². The molecule has 20 heteroatoms. The minimum absolute atomic E-state index is 0.126. The maximum absolute atomic E-state index is 13.6. The van der Waals surface area contributed by atoms with Crippen LogP contribution in [0.3, 0.4) is 0 Å². The summed E-state index contributed by atoms with van der Waals surface area (Å²) in [6, 6.07) is 36.3. The smallest absolute Gasteiger partial charge is 0.258 e. The van der Waals surface area contributed by atoms with Gasteiger partial charge in [-0.15, -0.1) is 0 Å². The van der Waals surface area contributed by atoms with Gasteiger partial charge in [0.15, 0.2) is 11.6 Å². The van der Waals surface area contributed by atoms with Crippen LogP contribution < -0.4 is 52.1 Å². The Kier molecular flexibility index (Phi) is 15.2. The fourth-order valence-electron chi connectivity index (χ4n) is 9.42. The van der Waals surface area contributed by atoms with E-state index in [2.05, 4.69) is 57.7 Å². The van der Waals surface area contributed by atoms with Crippen molar-refractivity contribution < 1.29 is 14.2 Å². The highest BCUT2D eigenvalue weighted by atomic mass is 19.1. The van der Waals surface area contributed by atoms with E-state index in [1.165, 1.54) is 47.9 Å². The number of fused-ring (bicyclic) bond motifs is 3. The molecule has 0 radical (unpaired) electrons. The molecule has 12 rings (SSSR count).